The molecule has 138 valence electrons. The molecule has 2 aliphatic heterocycles. The molecule has 5 nitrogen and oxygen atoms in total. The van der Waals surface area contributed by atoms with Crippen molar-refractivity contribution in [3.63, 3.8) is 0 Å². The number of fused-ring (bicyclic) bond motifs is 3. The SMILES string of the molecule is Cc1cc(C)c(S(=O)(=O)Oc2ccc3c(c2)C2CCNCC2O3)c(C)c1. The smallest absolute Gasteiger partial charge is 0.339 e. The Morgan fingerprint density at radius 3 is 2.58 bits per heavy atom. The molecule has 2 aliphatic rings. The largest absolute Gasteiger partial charge is 0.488 e. The standard InChI is InChI=1S/C20H23NO4S/c1-12-8-13(2)20(14(3)9-12)26(22,23)25-15-4-5-18-17(10-15)16-6-7-21-11-19(16)24-18/h4-5,8-10,16,19,21H,6-7,11H2,1-3H3. The van der Waals surface area contributed by atoms with Gasteiger partial charge in [-0.25, -0.2) is 0 Å². The molecule has 0 radical (unpaired) electrons. The van der Waals surface area contributed by atoms with E-state index in [4.69, 9.17) is 8.92 Å². The van der Waals surface area contributed by atoms with Gasteiger partial charge in [0.1, 0.15) is 22.5 Å². The van der Waals surface area contributed by atoms with Crippen LogP contribution < -0.4 is 14.2 Å². The normalized spacial score (nSPS) is 21.7. The Labute approximate surface area is 154 Å². The first-order chi connectivity index (χ1) is 12.3. The molecule has 2 atom stereocenters. The lowest BCUT2D eigenvalue weighted by molar-refractivity contribution is 0.177. The summed E-state index contributed by atoms with van der Waals surface area (Å²) in [5.41, 5.74) is 3.47. The predicted molar refractivity (Wildman–Crippen MR) is 99.6 cm³/mol. The van der Waals surface area contributed by atoms with Crippen molar-refractivity contribution in [2.24, 2.45) is 0 Å². The summed E-state index contributed by atoms with van der Waals surface area (Å²) < 4.78 is 37.2. The Morgan fingerprint density at radius 2 is 1.85 bits per heavy atom. The summed E-state index contributed by atoms with van der Waals surface area (Å²) in [6.45, 7) is 7.30. The van der Waals surface area contributed by atoms with E-state index in [2.05, 4.69) is 5.32 Å². The maximum atomic E-state index is 12.9. The van der Waals surface area contributed by atoms with Crippen LogP contribution in [0.25, 0.3) is 0 Å². The first-order valence-electron chi connectivity index (χ1n) is 8.89. The van der Waals surface area contributed by atoms with Gasteiger partial charge in [0, 0.05) is 18.0 Å². The first-order valence-corrected chi connectivity index (χ1v) is 10.3. The Hall–Kier alpha value is -2.05. The molecular formula is C20H23NO4S. The highest BCUT2D eigenvalue weighted by atomic mass is 32.2. The van der Waals surface area contributed by atoms with Gasteiger partial charge >= 0.3 is 10.1 Å². The van der Waals surface area contributed by atoms with Crippen LogP contribution in [0.15, 0.2) is 35.2 Å². The quantitative estimate of drug-likeness (QED) is 0.837. The number of nitrogens with one attached hydrogen (secondary N) is 1. The fraction of sp³-hybridized carbons (Fsp3) is 0.400. The molecule has 2 heterocycles. The van der Waals surface area contributed by atoms with Crippen LogP contribution in [-0.4, -0.2) is 27.6 Å². The summed E-state index contributed by atoms with van der Waals surface area (Å²) in [5, 5.41) is 3.33. The van der Waals surface area contributed by atoms with E-state index in [9.17, 15) is 8.42 Å². The van der Waals surface area contributed by atoms with Gasteiger partial charge in [0.05, 0.1) is 0 Å². The van der Waals surface area contributed by atoms with Gasteiger partial charge in [0.15, 0.2) is 0 Å². The van der Waals surface area contributed by atoms with E-state index in [-0.39, 0.29) is 11.0 Å². The van der Waals surface area contributed by atoms with Crippen molar-refractivity contribution in [3.8, 4) is 11.5 Å². The maximum absolute atomic E-state index is 12.9. The molecule has 2 aromatic rings. The lowest BCUT2D eigenvalue weighted by atomic mass is 9.90. The number of benzene rings is 2. The molecule has 2 unspecified atom stereocenters. The summed E-state index contributed by atoms with van der Waals surface area (Å²) >= 11 is 0. The summed E-state index contributed by atoms with van der Waals surface area (Å²) in [5.74, 6) is 1.46. The molecule has 0 aromatic heterocycles. The zero-order valence-corrected chi connectivity index (χ0v) is 16.0. The molecule has 0 bridgehead atoms. The number of hydrogen-bond acceptors (Lipinski definition) is 5. The molecule has 2 aromatic carbocycles. The molecule has 6 heteroatoms. The van der Waals surface area contributed by atoms with Gasteiger partial charge in [0.25, 0.3) is 0 Å². The Morgan fingerprint density at radius 1 is 1.12 bits per heavy atom. The van der Waals surface area contributed by atoms with Crippen LogP contribution >= 0.6 is 0 Å². The van der Waals surface area contributed by atoms with Crippen LogP contribution in [0.5, 0.6) is 11.5 Å². The van der Waals surface area contributed by atoms with E-state index in [0.29, 0.717) is 22.8 Å². The Bertz CT molecular complexity index is 945. The van der Waals surface area contributed by atoms with E-state index < -0.39 is 10.1 Å². The van der Waals surface area contributed by atoms with Crippen molar-refractivity contribution < 1.29 is 17.3 Å². The van der Waals surface area contributed by atoms with Crippen LogP contribution in [0.2, 0.25) is 0 Å². The molecule has 26 heavy (non-hydrogen) atoms. The van der Waals surface area contributed by atoms with Crippen molar-refractivity contribution >= 4 is 10.1 Å². The van der Waals surface area contributed by atoms with Crippen molar-refractivity contribution in [3.05, 3.63) is 52.6 Å². The van der Waals surface area contributed by atoms with Crippen LogP contribution in [0.1, 0.15) is 34.6 Å². The lowest BCUT2D eigenvalue weighted by Crippen LogP contribution is -2.39. The second-order valence-electron chi connectivity index (χ2n) is 7.22. The van der Waals surface area contributed by atoms with E-state index in [0.717, 1.165) is 36.4 Å². The van der Waals surface area contributed by atoms with Gasteiger partial charge in [-0.2, -0.15) is 8.42 Å². The molecule has 1 saturated heterocycles. The van der Waals surface area contributed by atoms with Crippen molar-refractivity contribution in [2.45, 2.75) is 44.1 Å². The first kappa shape index (κ1) is 17.4. The average Bonchev–Trinajstić information content (AvgIpc) is 2.91. The van der Waals surface area contributed by atoms with Crippen LogP contribution in [-0.2, 0) is 10.1 Å². The molecule has 0 aliphatic carbocycles. The van der Waals surface area contributed by atoms with E-state index in [1.807, 2.05) is 31.2 Å². The van der Waals surface area contributed by atoms with Gasteiger partial charge in [-0.1, -0.05) is 17.7 Å². The molecule has 1 fully saturated rings. The fourth-order valence-electron chi connectivity index (χ4n) is 4.18. The topological polar surface area (TPSA) is 64.6 Å². The minimum atomic E-state index is -3.89. The average molecular weight is 373 g/mol. The van der Waals surface area contributed by atoms with Gasteiger partial charge < -0.3 is 14.2 Å². The summed E-state index contributed by atoms with van der Waals surface area (Å²) in [6, 6.07) is 9.02. The Kier molecular flexibility index (Phi) is 4.20. The number of ether oxygens (including phenoxy) is 1. The fourth-order valence-corrected chi connectivity index (χ4v) is 5.52. The van der Waals surface area contributed by atoms with Crippen molar-refractivity contribution in [1.29, 1.82) is 0 Å². The van der Waals surface area contributed by atoms with Crippen LogP contribution in [0.4, 0.5) is 0 Å². The Balaban J connectivity index is 1.66. The maximum Gasteiger partial charge on any atom is 0.339 e. The molecular weight excluding hydrogens is 350 g/mol. The molecule has 0 amide bonds. The molecule has 1 N–H and O–H groups in total. The second-order valence-corrected chi connectivity index (χ2v) is 8.70. The van der Waals surface area contributed by atoms with E-state index >= 15 is 0 Å². The second kappa shape index (κ2) is 6.28. The predicted octanol–water partition coefficient (Wildman–Crippen LogP) is 3.22. The third-order valence-electron chi connectivity index (χ3n) is 5.15. The highest BCUT2D eigenvalue weighted by Gasteiger charge is 2.36. The minimum Gasteiger partial charge on any atom is -0.488 e. The van der Waals surface area contributed by atoms with Crippen molar-refractivity contribution in [2.75, 3.05) is 13.1 Å². The van der Waals surface area contributed by atoms with Gasteiger partial charge in [-0.15, -0.1) is 0 Å². The summed E-state index contributed by atoms with van der Waals surface area (Å²) in [7, 11) is -3.89. The lowest BCUT2D eigenvalue weighted by Gasteiger charge is -2.24. The van der Waals surface area contributed by atoms with Gasteiger partial charge in [-0.3, -0.25) is 0 Å². The number of aryl methyl sites for hydroxylation is 3. The monoisotopic (exact) mass is 373 g/mol. The van der Waals surface area contributed by atoms with Crippen molar-refractivity contribution in [1.82, 2.24) is 5.32 Å². The van der Waals surface area contributed by atoms with Gasteiger partial charge in [-0.05, 0) is 63.1 Å². The molecule has 0 spiro atoms. The van der Waals surface area contributed by atoms with E-state index in [1.165, 1.54) is 0 Å². The summed E-state index contributed by atoms with van der Waals surface area (Å²) in [4.78, 5) is 0.250. The van der Waals surface area contributed by atoms with Crippen LogP contribution in [0, 0.1) is 20.8 Å². The highest BCUT2D eigenvalue weighted by molar-refractivity contribution is 7.87. The molecule has 0 saturated carbocycles. The molecule has 4 rings (SSSR count). The summed E-state index contributed by atoms with van der Waals surface area (Å²) in [6.07, 6.45) is 1.09. The van der Waals surface area contributed by atoms with Crippen LogP contribution in [0.3, 0.4) is 0 Å². The van der Waals surface area contributed by atoms with E-state index in [1.54, 1.807) is 19.9 Å². The number of piperidine rings is 1. The van der Waals surface area contributed by atoms with Gasteiger partial charge in [0.2, 0.25) is 0 Å². The minimum absolute atomic E-state index is 0.118. The zero-order valence-electron chi connectivity index (χ0n) is 15.2. The zero-order chi connectivity index (χ0) is 18.5. The number of hydrogen-bond donors (Lipinski definition) is 1. The highest BCUT2D eigenvalue weighted by Crippen LogP contribution is 2.43. The number of rotatable bonds is 3. The third kappa shape index (κ3) is 2.97. The third-order valence-corrected chi connectivity index (χ3v) is 6.70.